The predicted molar refractivity (Wildman–Crippen MR) is 106 cm³/mol. The normalized spacial score (nSPS) is 12.0. The van der Waals surface area contributed by atoms with Crippen LogP contribution in [0.15, 0.2) is 12.2 Å². The Morgan fingerprint density at radius 1 is 0.833 bits per heavy atom. The average molecular weight is 418 g/mol. The fraction of sp³-hybridized carbons (Fsp3) is 0.824. The zero-order valence-corrected chi connectivity index (χ0v) is 18.0. The minimum absolute atomic E-state index is 0.452. The Balaban J connectivity index is 3.11. The summed E-state index contributed by atoms with van der Waals surface area (Å²) in [6.45, 7) is 2.23. The molecule has 0 atom stereocenters. The van der Waals surface area contributed by atoms with Crippen LogP contribution in [0.1, 0.15) is 77.6 Å². The van der Waals surface area contributed by atoms with Crippen molar-refractivity contribution in [3.63, 3.8) is 0 Å². The molecule has 7 heteroatoms. The van der Waals surface area contributed by atoms with E-state index in [1.807, 2.05) is 0 Å². The van der Waals surface area contributed by atoms with Crippen LogP contribution >= 0.6 is 33.2 Å². The summed E-state index contributed by atoms with van der Waals surface area (Å²) in [5.74, 6) is -0.452. The summed E-state index contributed by atoms with van der Waals surface area (Å²) < 4.78 is 0. The van der Waals surface area contributed by atoms with Gasteiger partial charge in [-0.2, -0.15) is 4.89 Å². The van der Waals surface area contributed by atoms with Crippen LogP contribution in [0.4, 0.5) is 0 Å². The molecule has 0 heterocycles. The van der Waals surface area contributed by atoms with Gasteiger partial charge in [0, 0.05) is 6.08 Å². The number of hydrogen-bond donors (Lipinski definition) is 0. The van der Waals surface area contributed by atoms with Crippen molar-refractivity contribution in [2.24, 2.45) is 0 Å². The standard InChI is InChI=1S/C17H31Cl3O3Si/c1-2-14-17(21)23-22-15-12-10-8-6-4-3-5-7-9-11-13-16-24(18,19)20/h2,14H,3-13,15-16H2,1H3. The first-order valence-electron chi connectivity index (χ1n) is 8.98. The van der Waals surface area contributed by atoms with E-state index in [0.717, 1.165) is 25.3 Å². The molecule has 0 aliphatic heterocycles. The molecule has 0 aliphatic rings. The van der Waals surface area contributed by atoms with Gasteiger partial charge in [0.1, 0.15) is 0 Å². The minimum atomic E-state index is -2.39. The van der Waals surface area contributed by atoms with E-state index in [0.29, 0.717) is 6.61 Å². The Hall–Kier alpha value is 0.257. The highest BCUT2D eigenvalue weighted by atomic mass is 35.8. The van der Waals surface area contributed by atoms with Crippen molar-refractivity contribution >= 4 is 45.2 Å². The lowest BCUT2D eigenvalue weighted by atomic mass is 10.1. The van der Waals surface area contributed by atoms with Crippen LogP contribution in [0.5, 0.6) is 0 Å². The molecule has 0 rings (SSSR count). The summed E-state index contributed by atoms with van der Waals surface area (Å²) in [6, 6.07) is -1.60. The highest BCUT2D eigenvalue weighted by molar-refractivity contribution is 7.64. The second-order valence-electron chi connectivity index (χ2n) is 5.98. The summed E-state index contributed by atoms with van der Waals surface area (Å²) in [5, 5.41) is 0. The van der Waals surface area contributed by atoms with Gasteiger partial charge in [-0.3, -0.25) is 4.89 Å². The summed E-state index contributed by atoms with van der Waals surface area (Å²) in [5.41, 5.74) is 0. The molecule has 0 N–H and O–H groups in total. The molecule has 0 fully saturated rings. The van der Waals surface area contributed by atoms with Crippen molar-refractivity contribution in [3.05, 3.63) is 12.2 Å². The van der Waals surface area contributed by atoms with Crippen molar-refractivity contribution in [2.75, 3.05) is 6.61 Å². The molecule has 0 radical (unpaired) electrons. The van der Waals surface area contributed by atoms with E-state index in [9.17, 15) is 4.79 Å². The van der Waals surface area contributed by atoms with Crippen molar-refractivity contribution in [3.8, 4) is 0 Å². The second kappa shape index (κ2) is 16.7. The van der Waals surface area contributed by atoms with Crippen LogP contribution < -0.4 is 0 Å². The zero-order valence-electron chi connectivity index (χ0n) is 14.7. The molecule has 0 aromatic heterocycles. The summed E-state index contributed by atoms with van der Waals surface area (Å²) in [7, 11) is 0. The lowest BCUT2D eigenvalue weighted by molar-refractivity contribution is -0.267. The summed E-state index contributed by atoms with van der Waals surface area (Å²) in [6.07, 6.45) is 16.1. The Labute approximate surface area is 162 Å². The number of rotatable bonds is 16. The molecule has 0 unspecified atom stereocenters. The van der Waals surface area contributed by atoms with E-state index in [1.54, 1.807) is 13.0 Å². The second-order valence-corrected chi connectivity index (χ2v) is 15.3. The van der Waals surface area contributed by atoms with Crippen LogP contribution in [0, 0.1) is 0 Å². The maximum Gasteiger partial charge on any atom is 0.365 e. The van der Waals surface area contributed by atoms with Crippen molar-refractivity contribution in [2.45, 2.75) is 83.6 Å². The number of hydrogen-bond acceptors (Lipinski definition) is 3. The highest BCUT2D eigenvalue weighted by Gasteiger charge is 2.23. The van der Waals surface area contributed by atoms with E-state index in [2.05, 4.69) is 4.89 Å². The molecular weight excluding hydrogens is 387 g/mol. The van der Waals surface area contributed by atoms with Gasteiger partial charge in [-0.05, 0) is 19.4 Å². The molecule has 0 saturated carbocycles. The van der Waals surface area contributed by atoms with Gasteiger partial charge in [0.05, 0.1) is 6.61 Å². The van der Waals surface area contributed by atoms with Gasteiger partial charge in [0.25, 0.3) is 0 Å². The van der Waals surface area contributed by atoms with Crippen LogP contribution in [-0.4, -0.2) is 18.6 Å². The van der Waals surface area contributed by atoms with E-state index in [1.165, 1.54) is 57.4 Å². The molecule has 24 heavy (non-hydrogen) atoms. The third-order valence-electron chi connectivity index (χ3n) is 3.63. The van der Waals surface area contributed by atoms with Crippen molar-refractivity contribution in [1.29, 1.82) is 0 Å². The monoisotopic (exact) mass is 416 g/mol. The van der Waals surface area contributed by atoms with E-state index < -0.39 is 12.0 Å². The van der Waals surface area contributed by atoms with Crippen molar-refractivity contribution in [1.82, 2.24) is 0 Å². The van der Waals surface area contributed by atoms with Crippen LogP contribution in [0.2, 0.25) is 6.04 Å². The smallest absolute Gasteiger partial charge is 0.294 e. The maximum atomic E-state index is 11.0. The van der Waals surface area contributed by atoms with Gasteiger partial charge in [-0.15, -0.1) is 33.2 Å². The predicted octanol–water partition coefficient (Wildman–Crippen LogP) is 6.98. The minimum Gasteiger partial charge on any atom is -0.294 e. The van der Waals surface area contributed by atoms with Gasteiger partial charge in [0.15, 0.2) is 0 Å². The van der Waals surface area contributed by atoms with Gasteiger partial charge in [-0.1, -0.05) is 70.3 Å². The molecule has 0 aromatic rings. The first-order valence-corrected chi connectivity index (χ1v) is 14.2. The van der Waals surface area contributed by atoms with Gasteiger partial charge >= 0.3 is 12.0 Å². The SMILES string of the molecule is CC=CC(=O)OOCCCCCCCCCCCCC[Si](Cl)(Cl)Cl. The first kappa shape index (κ1) is 24.3. The molecule has 142 valence electrons. The van der Waals surface area contributed by atoms with E-state index in [-0.39, 0.29) is 0 Å². The Bertz CT molecular complexity index is 334. The zero-order chi connectivity index (χ0) is 18.1. The first-order chi connectivity index (χ1) is 11.5. The molecular formula is C17H31Cl3O3Si. The van der Waals surface area contributed by atoms with Gasteiger partial charge in [0.2, 0.25) is 0 Å². The average Bonchev–Trinajstić information content (AvgIpc) is 2.50. The number of unbranched alkanes of at least 4 members (excludes halogenated alkanes) is 10. The van der Waals surface area contributed by atoms with Crippen LogP contribution in [0.25, 0.3) is 0 Å². The number of carbonyl (C=O) groups excluding carboxylic acids is 1. The summed E-state index contributed by atoms with van der Waals surface area (Å²) in [4.78, 5) is 20.3. The van der Waals surface area contributed by atoms with Crippen molar-refractivity contribution < 1.29 is 14.6 Å². The fourth-order valence-electron chi connectivity index (χ4n) is 2.34. The molecule has 0 spiro atoms. The third kappa shape index (κ3) is 20.3. The largest absolute Gasteiger partial charge is 0.365 e. The molecule has 0 aliphatic carbocycles. The third-order valence-corrected chi connectivity index (χ3v) is 6.25. The molecule has 0 amide bonds. The maximum absolute atomic E-state index is 11.0. The molecule has 3 nitrogen and oxygen atoms in total. The fourth-order valence-corrected chi connectivity index (χ4v) is 4.19. The van der Waals surface area contributed by atoms with E-state index >= 15 is 0 Å². The molecule has 0 saturated heterocycles. The number of halogens is 3. The van der Waals surface area contributed by atoms with Gasteiger partial charge in [-0.25, -0.2) is 4.79 Å². The van der Waals surface area contributed by atoms with E-state index in [4.69, 9.17) is 38.1 Å². The Kier molecular flexibility index (Phi) is 16.9. The number of allylic oxidation sites excluding steroid dienone is 1. The quantitative estimate of drug-likeness (QED) is 0.0678. The van der Waals surface area contributed by atoms with Crippen LogP contribution in [0.3, 0.4) is 0 Å². The summed E-state index contributed by atoms with van der Waals surface area (Å²) >= 11 is 17.5. The lowest BCUT2D eigenvalue weighted by Gasteiger charge is -2.06. The Morgan fingerprint density at radius 3 is 1.75 bits per heavy atom. The molecule has 0 bridgehead atoms. The Morgan fingerprint density at radius 2 is 1.29 bits per heavy atom. The highest BCUT2D eigenvalue weighted by Crippen LogP contribution is 2.27. The van der Waals surface area contributed by atoms with Crippen LogP contribution in [-0.2, 0) is 14.6 Å². The topological polar surface area (TPSA) is 35.5 Å². The lowest BCUT2D eigenvalue weighted by Crippen LogP contribution is -2.07. The number of carbonyl (C=O) groups is 1. The molecule has 0 aromatic carbocycles. The van der Waals surface area contributed by atoms with Gasteiger partial charge < -0.3 is 0 Å².